The molecule has 0 unspecified atom stereocenters. The van der Waals surface area contributed by atoms with Gasteiger partial charge in [0.05, 0.1) is 24.2 Å². The lowest BCUT2D eigenvalue weighted by molar-refractivity contribution is 0.268. The van der Waals surface area contributed by atoms with E-state index in [2.05, 4.69) is 11.9 Å². The number of rotatable bonds is 8. The van der Waals surface area contributed by atoms with Crippen LogP contribution in [-0.2, 0) is 4.74 Å². The topological polar surface area (TPSA) is 27.1 Å². The Kier molecular flexibility index (Phi) is 6.81. The minimum atomic E-state index is 0.576. The van der Waals surface area contributed by atoms with Crippen LogP contribution in [-0.4, -0.2) is 16.2 Å². The van der Waals surface area contributed by atoms with E-state index in [1.807, 2.05) is 29.1 Å². The Morgan fingerprint density at radius 3 is 2.82 bits per heavy atom. The summed E-state index contributed by atoms with van der Waals surface area (Å²) in [5.41, 5.74) is 0.829. The van der Waals surface area contributed by atoms with E-state index in [9.17, 15) is 0 Å². The minimum absolute atomic E-state index is 0.576. The minimum Gasteiger partial charge on any atom is -0.491 e. The summed E-state index contributed by atoms with van der Waals surface area (Å²) in [5, 5.41) is 1.19. The third-order valence-electron chi connectivity index (χ3n) is 3.24. The van der Waals surface area contributed by atoms with Gasteiger partial charge in [0, 0.05) is 23.0 Å². The monoisotopic (exact) mass is 338 g/mol. The fourth-order valence-corrected chi connectivity index (χ4v) is 2.57. The molecule has 1 aromatic heterocycles. The number of imidazole rings is 1. The highest BCUT2D eigenvalue weighted by Gasteiger charge is 2.09. The second-order valence-corrected chi connectivity index (χ2v) is 5.88. The Bertz CT molecular complexity index is 609. The summed E-state index contributed by atoms with van der Waals surface area (Å²) in [6, 6.07) is 5.41. The zero-order chi connectivity index (χ0) is 15.8. The normalized spacial score (nSPS) is 11.7. The number of ether oxygens (including phenoxy) is 1. The molecule has 0 bridgehead atoms. The first-order chi connectivity index (χ1) is 10.7. The molecular weight excluding hydrogens is 319 g/mol. The summed E-state index contributed by atoms with van der Waals surface area (Å²) in [7, 11) is 0. The summed E-state index contributed by atoms with van der Waals surface area (Å²) >= 11 is 12.3. The van der Waals surface area contributed by atoms with Crippen LogP contribution in [0.15, 0.2) is 36.9 Å². The number of hydrogen-bond donors (Lipinski definition) is 0. The van der Waals surface area contributed by atoms with Crippen LogP contribution in [0.4, 0.5) is 0 Å². The number of aromatic nitrogens is 2. The highest BCUT2D eigenvalue weighted by Crippen LogP contribution is 2.28. The van der Waals surface area contributed by atoms with E-state index in [4.69, 9.17) is 27.9 Å². The number of halogens is 2. The average Bonchev–Trinajstić information content (AvgIpc) is 2.99. The molecule has 0 aliphatic carbocycles. The standard InChI is InChI=1S/C17H20Cl2N2O/c1-2-3-4-5-10-22-17(12-21-9-8-20-13-21)15-7-6-14(18)11-16(15)19/h6-9,11-13H,2-5,10H2,1H3. The van der Waals surface area contributed by atoms with Crippen molar-refractivity contribution in [3.8, 4) is 0 Å². The van der Waals surface area contributed by atoms with Gasteiger partial charge in [0.2, 0.25) is 0 Å². The zero-order valence-electron chi connectivity index (χ0n) is 12.6. The summed E-state index contributed by atoms with van der Waals surface area (Å²) in [4.78, 5) is 4.03. The number of nitrogens with zero attached hydrogens (tertiary/aromatic N) is 2. The number of benzene rings is 1. The summed E-state index contributed by atoms with van der Waals surface area (Å²) in [5.74, 6) is 0.719. The van der Waals surface area contributed by atoms with E-state index >= 15 is 0 Å². The van der Waals surface area contributed by atoms with Crippen molar-refractivity contribution < 1.29 is 4.74 Å². The van der Waals surface area contributed by atoms with Crippen molar-refractivity contribution in [1.29, 1.82) is 0 Å². The van der Waals surface area contributed by atoms with Crippen molar-refractivity contribution in [1.82, 2.24) is 9.55 Å². The Balaban J connectivity index is 2.14. The lowest BCUT2D eigenvalue weighted by Gasteiger charge is -2.13. The van der Waals surface area contributed by atoms with Gasteiger partial charge in [-0.3, -0.25) is 0 Å². The lowest BCUT2D eigenvalue weighted by Crippen LogP contribution is -1.98. The molecule has 0 fully saturated rings. The zero-order valence-corrected chi connectivity index (χ0v) is 14.1. The van der Waals surface area contributed by atoms with Gasteiger partial charge in [-0.2, -0.15) is 0 Å². The van der Waals surface area contributed by atoms with Gasteiger partial charge < -0.3 is 9.30 Å². The average molecular weight is 339 g/mol. The molecule has 0 atom stereocenters. The Hall–Kier alpha value is -1.45. The van der Waals surface area contributed by atoms with Crippen LogP contribution in [0.1, 0.15) is 38.2 Å². The van der Waals surface area contributed by atoms with Crippen LogP contribution in [0.25, 0.3) is 12.0 Å². The molecule has 5 heteroatoms. The van der Waals surface area contributed by atoms with Crippen LogP contribution in [0.3, 0.4) is 0 Å². The van der Waals surface area contributed by atoms with Crippen LogP contribution >= 0.6 is 23.2 Å². The van der Waals surface area contributed by atoms with Crippen molar-refractivity contribution in [2.24, 2.45) is 0 Å². The van der Waals surface area contributed by atoms with Gasteiger partial charge in [0.1, 0.15) is 5.76 Å². The van der Waals surface area contributed by atoms with Gasteiger partial charge in [-0.25, -0.2) is 4.98 Å². The Labute approximate surface area is 141 Å². The molecule has 118 valence electrons. The maximum atomic E-state index is 6.30. The van der Waals surface area contributed by atoms with Crippen molar-refractivity contribution in [3.63, 3.8) is 0 Å². The molecule has 0 spiro atoms. The van der Waals surface area contributed by atoms with Crippen molar-refractivity contribution in [2.45, 2.75) is 32.6 Å². The Morgan fingerprint density at radius 2 is 2.14 bits per heavy atom. The van der Waals surface area contributed by atoms with Crippen LogP contribution < -0.4 is 0 Å². The second-order valence-electron chi connectivity index (χ2n) is 5.04. The van der Waals surface area contributed by atoms with E-state index in [1.165, 1.54) is 19.3 Å². The van der Waals surface area contributed by atoms with E-state index < -0.39 is 0 Å². The van der Waals surface area contributed by atoms with Gasteiger partial charge in [0.25, 0.3) is 0 Å². The smallest absolute Gasteiger partial charge is 0.144 e. The fourth-order valence-electron chi connectivity index (χ4n) is 2.07. The van der Waals surface area contributed by atoms with Crippen LogP contribution in [0.2, 0.25) is 10.0 Å². The van der Waals surface area contributed by atoms with Gasteiger partial charge in [-0.05, 0) is 24.6 Å². The molecule has 1 aromatic carbocycles. The van der Waals surface area contributed by atoms with Gasteiger partial charge in [-0.1, -0.05) is 49.4 Å². The van der Waals surface area contributed by atoms with Crippen LogP contribution in [0, 0.1) is 0 Å². The van der Waals surface area contributed by atoms with E-state index in [0.29, 0.717) is 16.7 Å². The number of unbranched alkanes of at least 4 members (excludes halogenated alkanes) is 3. The van der Waals surface area contributed by atoms with Gasteiger partial charge in [-0.15, -0.1) is 0 Å². The molecule has 22 heavy (non-hydrogen) atoms. The maximum Gasteiger partial charge on any atom is 0.144 e. The third kappa shape index (κ3) is 5.08. The molecule has 3 nitrogen and oxygen atoms in total. The molecule has 0 saturated carbocycles. The molecule has 0 N–H and O–H groups in total. The fraction of sp³-hybridized carbons (Fsp3) is 0.353. The highest BCUT2D eigenvalue weighted by molar-refractivity contribution is 6.35. The van der Waals surface area contributed by atoms with E-state index in [1.54, 1.807) is 18.6 Å². The molecule has 0 aliphatic heterocycles. The first kappa shape index (κ1) is 16.9. The maximum absolute atomic E-state index is 6.30. The van der Waals surface area contributed by atoms with E-state index in [0.717, 1.165) is 17.7 Å². The molecule has 0 aliphatic rings. The van der Waals surface area contributed by atoms with Crippen LogP contribution in [0.5, 0.6) is 0 Å². The van der Waals surface area contributed by atoms with Crippen molar-refractivity contribution in [3.05, 3.63) is 52.5 Å². The molecule has 0 amide bonds. The lowest BCUT2D eigenvalue weighted by atomic mass is 10.2. The van der Waals surface area contributed by atoms with Gasteiger partial charge >= 0.3 is 0 Å². The number of hydrogen-bond acceptors (Lipinski definition) is 2. The first-order valence-corrected chi connectivity index (χ1v) is 8.23. The third-order valence-corrected chi connectivity index (χ3v) is 3.79. The summed E-state index contributed by atoms with van der Waals surface area (Å²) in [6.07, 6.45) is 11.8. The Morgan fingerprint density at radius 1 is 1.27 bits per heavy atom. The largest absolute Gasteiger partial charge is 0.491 e. The van der Waals surface area contributed by atoms with Crippen molar-refractivity contribution >= 4 is 35.2 Å². The second kappa shape index (κ2) is 8.86. The molecule has 1 heterocycles. The predicted octanol–water partition coefficient (Wildman–Crippen LogP) is 5.74. The van der Waals surface area contributed by atoms with Gasteiger partial charge in [0.15, 0.2) is 0 Å². The molecule has 0 radical (unpaired) electrons. The quantitative estimate of drug-likeness (QED) is 0.453. The predicted molar refractivity (Wildman–Crippen MR) is 93.0 cm³/mol. The molecule has 2 aromatic rings. The van der Waals surface area contributed by atoms with Crippen molar-refractivity contribution in [2.75, 3.05) is 6.61 Å². The SMILES string of the molecule is CCCCCCOC(=Cn1ccnc1)c1ccc(Cl)cc1Cl. The van der Waals surface area contributed by atoms with E-state index in [-0.39, 0.29) is 0 Å². The summed E-state index contributed by atoms with van der Waals surface area (Å²) in [6.45, 7) is 2.86. The highest BCUT2D eigenvalue weighted by atomic mass is 35.5. The molecule has 0 saturated heterocycles. The molecular formula is C17H20Cl2N2O. The first-order valence-electron chi connectivity index (χ1n) is 7.48. The summed E-state index contributed by atoms with van der Waals surface area (Å²) < 4.78 is 7.79. The molecule has 2 rings (SSSR count).